The summed E-state index contributed by atoms with van der Waals surface area (Å²) < 4.78 is 15.6. The minimum absolute atomic E-state index is 0.225. The van der Waals surface area contributed by atoms with E-state index in [0.717, 1.165) is 27.8 Å². The first-order valence-electron chi connectivity index (χ1n) is 8.13. The number of aryl methyl sites for hydroxylation is 1. The van der Waals surface area contributed by atoms with Crippen molar-refractivity contribution in [1.29, 1.82) is 0 Å². The molecule has 2 rings (SSSR count). The molecular weight excluding hydrogens is 320 g/mol. The Morgan fingerprint density at radius 3 is 2.28 bits per heavy atom. The number of rotatable bonds is 7. The van der Waals surface area contributed by atoms with E-state index < -0.39 is 0 Å². The largest absolute Gasteiger partial charge is 0.508 e. The van der Waals surface area contributed by atoms with Gasteiger partial charge in [0, 0.05) is 38.0 Å². The molecule has 1 aliphatic carbocycles. The second-order valence-corrected chi connectivity index (χ2v) is 6.09. The maximum absolute atomic E-state index is 10.5. The van der Waals surface area contributed by atoms with Crippen LogP contribution in [0.5, 0.6) is 5.75 Å². The lowest BCUT2D eigenvalue weighted by Gasteiger charge is -2.12. The van der Waals surface area contributed by atoms with Gasteiger partial charge in [0.25, 0.3) is 0 Å². The lowest BCUT2D eigenvalue weighted by atomic mass is 9.97. The van der Waals surface area contributed by atoms with Gasteiger partial charge in [0.05, 0.1) is 19.8 Å². The average Bonchev–Trinajstić information content (AvgIpc) is 2.73. The summed E-state index contributed by atoms with van der Waals surface area (Å²) in [6.07, 6.45) is 4.55. The van der Waals surface area contributed by atoms with Gasteiger partial charge in [-0.25, -0.2) is 0 Å². The van der Waals surface area contributed by atoms with Gasteiger partial charge in [0.15, 0.2) is 0 Å². The van der Waals surface area contributed by atoms with E-state index in [2.05, 4.69) is 6.08 Å². The number of ether oxygens (including phenoxy) is 3. The molecular formula is C20H26O5. The number of allylic oxidation sites excluding steroid dienone is 3. The van der Waals surface area contributed by atoms with E-state index in [1.54, 1.807) is 21.3 Å². The average molecular weight is 346 g/mol. The Labute approximate surface area is 148 Å². The smallest absolute Gasteiger partial charge is 0.124 e. The molecule has 0 saturated heterocycles. The van der Waals surface area contributed by atoms with E-state index in [4.69, 9.17) is 14.2 Å². The van der Waals surface area contributed by atoms with Crippen LogP contribution in [0.15, 0.2) is 41.2 Å². The van der Waals surface area contributed by atoms with Crippen molar-refractivity contribution in [2.45, 2.75) is 20.0 Å². The molecule has 0 bridgehead atoms. The van der Waals surface area contributed by atoms with Crippen LogP contribution in [0.4, 0.5) is 0 Å². The fourth-order valence-corrected chi connectivity index (χ4v) is 2.92. The van der Waals surface area contributed by atoms with Crippen LogP contribution in [0, 0.1) is 6.92 Å². The zero-order chi connectivity index (χ0) is 18.4. The summed E-state index contributed by atoms with van der Waals surface area (Å²) in [6.45, 7) is 2.86. The van der Waals surface area contributed by atoms with E-state index in [1.165, 1.54) is 0 Å². The summed E-state index contributed by atoms with van der Waals surface area (Å²) in [5.74, 6) is 0.476. The quantitative estimate of drug-likeness (QED) is 0.788. The number of phenolic OH excluding ortho intramolecular Hbond substituents is 1. The molecule has 5 heteroatoms. The van der Waals surface area contributed by atoms with Crippen LogP contribution in [0.3, 0.4) is 0 Å². The van der Waals surface area contributed by atoms with Crippen molar-refractivity contribution in [3.05, 3.63) is 57.9 Å². The number of hydrogen-bond donors (Lipinski definition) is 2. The number of benzene rings is 1. The van der Waals surface area contributed by atoms with Gasteiger partial charge in [-0.3, -0.25) is 0 Å². The molecule has 0 unspecified atom stereocenters. The summed E-state index contributed by atoms with van der Waals surface area (Å²) in [7, 11) is 4.80. The zero-order valence-electron chi connectivity index (χ0n) is 15.3. The summed E-state index contributed by atoms with van der Waals surface area (Å²) >= 11 is 0. The molecule has 25 heavy (non-hydrogen) atoms. The number of methoxy groups -OCH3 is 3. The van der Waals surface area contributed by atoms with Crippen molar-refractivity contribution in [2.24, 2.45) is 0 Å². The van der Waals surface area contributed by atoms with Gasteiger partial charge in [-0.1, -0.05) is 6.08 Å². The van der Waals surface area contributed by atoms with Crippen molar-refractivity contribution in [3.8, 4) is 5.75 Å². The second-order valence-electron chi connectivity index (χ2n) is 6.09. The summed E-state index contributed by atoms with van der Waals surface area (Å²) in [6, 6.07) is 3.84. The van der Waals surface area contributed by atoms with Crippen LogP contribution in [0.2, 0.25) is 0 Å². The molecule has 0 aliphatic heterocycles. The highest BCUT2D eigenvalue weighted by Crippen LogP contribution is 2.32. The molecule has 0 saturated carbocycles. The van der Waals surface area contributed by atoms with Crippen molar-refractivity contribution >= 4 is 5.57 Å². The lowest BCUT2D eigenvalue weighted by Crippen LogP contribution is -2.04. The molecule has 1 aromatic carbocycles. The first kappa shape index (κ1) is 19.2. The number of aliphatic hydroxyl groups is 1. The first-order valence-corrected chi connectivity index (χ1v) is 8.13. The third-order valence-electron chi connectivity index (χ3n) is 4.17. The second kappa shape index (κ2) is 8.85. The molecule has 0 fully saturated rings. The fourth-order valence-electron chi connectivity index (χ4n) is 2.92. The Morgan fingerprint density at radius 1 is 0.960 bits per heavy atom. The lowest BCUT2D eigenvalue weighted by molar-refractivity contribution is 0.182. The van der Waals surface area contributed by atoms with Gasteiger partial charge in [-0.05, 0) is 48.3 Å². The Kier molecular flexibility index (Phi) is 6.82. The van der Waals surface area contributed by atoms with Crippen molar-refractivity contribution < 1.29 is 24.4 Å². The SMILES string of the molecule is COCC1=CC(c2cc(C)c(O)c(COC)c2)=CCC(COC)=C1O. The summed E-state index contributed by atoms with van der Waals surface area (Å²) in [5, 5.41) is 20.7. The number of aliphatic hydroxyl groups excluding tert-OH is 1. The summed E-state index contributed by atoms with van der Waals surface area (Å²) in [5.41, 5.74) is 4.96. The highest BCUT2D eigenvalue weighted by atomic mass is 16.5. The van der Waals surface area contributed by atoms with E-state index in [0.29, 0.717) is 31.8 Å². The molecule has 1 aromatic rings. The molecule has 0 aromatic heterocycles. The van der Waals surface area contributed by atoms with Gasteiger partial charge in [-0.2, -0.15) is 0 Å². The molecule has 0 amide bonds. The highest BCUT2D eigenvalue weighted by molar-refractivity contribution is 5.78. The monoisotopic (exact) mass is 346 g/mol. The van der Waals surface area contributed by atoms with E-state index in [1.807, 2.05) is 25.1 Å². The third kappa shape index (κ3) is 4.51. The van der Waals surface area contributed by atoms with Gasteiger partial charge >= 0.3 is 0 Å². The minimum atomic E-state index is 0.225. The van der Waals surface area contributed by atoms with Crippen LogP contribution in [-0.2, 0) is 20.8 Å². The Balaban J connectivity index is 2.49. The van der Waals surface area contributed by atoms with Crippen LogP contribution in [0.25, 0.3) is 5.57 Å². The molecule has 0 heterocycles. The van der Waals surface area contributed by atoms with Crippen molar-refractivity contribution in [2.75, 3.05) is 34.5 Å². The first-order chi connectivity index (χ1) is 12.0. The van der Waals surface area contributed by atoms with E-state index in [9.17, 15) is 10.2 Å². The van der Waals surface area contributed by atoms with Gasteiger partial charge < -0.3 is 24.4 Å². The van der Waals surface area contributed by atoms with E-state index in [-0.39, 0.29) is 11.5 Å². The van der Waals surface area contributed by atoms with E-state index >= 15 is 0 Å². The molecule has 0 radical (unpaired) electrons. The van der Waals surface area contributed by atoms with Crippen molar-refractivity contribution in [3.63, 3.8) is 0 Å². The molecule has 0 atom stereocenters. The topological polar surface area (TPSA) is 68.2 Å². The molecule has 1 aliphatic rings. The predicted octanol–water partition coefficient (Wildman–Crippen LogP) is 3.67. The normalized spacial score (nSPS) is 15.0. The molecule has 5 nitrogen and oxygen atoms in total. The van der Waals surface area contributed by atoms with Crippen LogP contribution < -0.4 is 0 Å². The van der Waals surface area contributed by atoms with Gasteiger partial charge in [-0.15, -0.1) is 0 Å². The molecule has 0 spiro atoms. The maximum atomic E-state index is 10.5. The molecule has 136 valence electrons. The van der Waals surface area contributed by atoms with Gasteiger partial charge in [0.1, 0.15) is 11.5 Å². The Bertz CT molecular complexity index is 713. The fraction of sp³-hybridized carbons (Fsp3) is 0.400. The minimum Gasteiger partial charge on any atom is -0.508 e. The number of aromatic hydroxyl groups is 1. The maximum Gasteiger partial charge on any atom is 0.124 e. The third-order valence-corrected chi connectivity index (χ3v) is 4.17. The highest BCUT2D eigenvalue weighted by Gasteiger charge is 2.17. The Hall–Kier alpha value is -2.08. The number of phenols is 1. The predicted molar refractivity (Wildman–Crippen MR) is 97.6 cm³/mol. The Morgan fingerprint density at radius 2 is 1.64 bits per heavy atom. The van der Waals surface area contributed by atoms with Crippen LogP contribution >= 0.6 is 0 Å². The van der Waals surface area contributed by atoms with Gasteiger partial charge in [0.2, 0.25) is 0 Å². The number of hydrogen-bond acceptors (Lipinski definition) is 5. The van der Waals surface area contributed by atoms with Crippen molar-refractivity contribution in [1.82, 2.24) is 0 Å². The van der Waals surface area contributed by atoms with Crippen LogP contribution in [-0.4, -0.2) is 44.8 Å². The zero-order valence-corrected chi connectivity index (χ0v) is 15.3. The molecule has 2 N–H and O–H groups in total. The summed E-state index contributed by atoms with van der Waals surface area (Å²) in [4.78, 5) is 0. The van der Waals surface area contributed by atoms with Crippen LogP contribution in [0.1, 0.15) is 23.1 Å². The standard InChI is InChI=1S/C20H26O5/c1-13-7-16(9-17(11-24-3)19(13)21)14-5-6-15(10-23-2)20(22)18(8-14)12-25-4/h5,7-9,21-22H,6,10-12H2,1-4H3.